The number of ether oxygens (including phenoxy) is 2. The number of carboxylic acids is 1. The van der Waals surface area contributed by atoms with Crippen molar-refractivity contribution in [1.29, 1.82) is 0 Å². The molecule has 4 aromatic carbocycles. The van der Waals surface area contributed by atoms with E-state index in [0.717, 1.165) is 11.1 Å². The van der Waals surface area contributed by atoms with E-state index in [9.17, 15) is 14.7 Å². The molecular formula is C32H28Cl2O5. The van der Waals surface area contributed by atoms with Gasteiger partial charge in [0.25, 0.3) is 0 Å². The lowest BCUT2D eigenvalue weighted by Crippen LogP contribution is -2.22. The van der Waals surface area contributed by atoms with Gasteiger partial charge in [-0.05, 0) is 34.7 Å². The van der Waals surface area contributed by atoms with Crippen LogP contribution >= 0.6 is 23.2 Å². The first-order valence-electron chi connectivity index (χ1n) is 12.3. The van der Waals surface area contributed by atoms with Crippen molar-refractivity contribution < 1.29 is 24.2 Å². The first kappa shape index (κ1) is 28.2. The molecule has 0 bridgehead atoms. The molecule has 0 radical (unpaired) electrons. The lowest BCUT2D eigenvalue weighted by Gasteiger charge is -2.28. The highest BCUT2D eigenvalue weighted by atomic mass is 35.5. The van der Waals surface area contributed by atoms with Gasteiger partial charge in [-0.1, -0.05) is 111 Å². The third-order valence-electron chi connectivity index (χ3n) is 6.11. The molecule has 0 saturated carbocycles. The van der Waals surface area contributed by atoms with Crippen LogP contribution in [0, 0.1) is 0 Å². The van der Waals surface area contributed by atoms with Crippen molar-refractivity contribution >= 4 is 35.0 Å². The van der Waals surface area contributed by atoms with Crippen molar-refractivity contribution in [2.45, 2.75) is 39.4 Å². The van der Waals surface area contributed by atoms with E-state index in [-0.39, 0.29) is 51.4 Å². The standard InChI is InChI=1S/C32H28Cl2O5/c1-32(2,3)28-22(31(36)37)17-25(38-18-20-11-6-4-7-12-20)27(29(35)26-23(33)15-10-16-24(26)34)30(28)39-19-21-13-8-5-9-14-21/h4-17H,18-19H2,1-3H3,(H,36,37). The second kappa shape index (κ2) is 11.9. The molecule has 5 nitrogen and oxygen atoms in total. The number of hydrogen-bond acceptors (Lipinski definition) is 4. The van der Waals surface area contributed by atoms with Crippen LogP contribution in [-0.2, 0) is 18.6 Å². The molecule has 0 aliphatic carbocycles. The highest BCUT2D eigenvalue weighted by Crippen LogP contribution is 2.44. The summed E-state index contributed by atoms with van der Waals surface area (Å²) in [5.41, 5.74) is 1.47. The summed E-state index contributed by atoms with van der Waals surface area (Å²) in [5.74, 6) is -1.51. The van der Waals surface area contributed by atoms with Gasteiger partial charge in [0.15, 0.2) is 0 Å². The van der Waals surface area contributed by atoms with Gasteiger partial charge in [0.05, 0.1) is 21.2 Å². The van der Waals surface area contributed by atoms with Crippen LogP contribution in [0.2, 0.25) is 10.0 Å². The number of carboxylic acid groups (broad SMARTS) is 1. The van der Waals surface area contributed by atoms with Gasteiger partial charge in [-0.25, -0.2) is 4.79 Å². The van der Waals surface area contributed by atoms with Crippen molar-refractivity contribution in [1.82, 2.24) is 0 Å². The Morgan fingerprint density at radius 1 is 0.744 bits per heavy atom. The lowest BCUT2D eigenvalue weighted by atomic mass is 9.80. The molecule has 0 aliphatic rings. The zero-order valence-corrected chi connectivity index (χ0v) is 23.3. The van der Waals surface area contributed by atoms with Crippen molar-refractivity contribution in [2.75, 3.05) is 0 Å². The molecule has 0 fully saturated rings. The Morgan fingerprint density at radius 2 is 1.26 bits per heavy atom. The SMILES string of the molecule is CC(C)(C)c1c(C(=O)O)cc(OCc2ccccc2)c(C(=O)c2c(Cl)cccc2Cl)c1OCc1ccccc1. The van der Waals surface area contributed by atoms with Crippen molar-refractivity contribution in [3.8, 4) is 11.5 Å². The van der Waals surface area contributed by atoms with E-state index >= 15 is 0 Å². The fourth-order valence-corrected chi connectivity index (χ4v) is 4.89. The zero-order valence-electron chi connectivity index (χ0n) is 21.8. The minimum absolute atomic E-state index is 0.0181. The molecule has 0 amide bonds. The van der Waals surface area contributed by atoms with Gasteiger partial charge in [0.2, 0.25) is 5.78 Å². The summed E-state index contributed by atoms with van der Waals surface area (Å²) in [6, 6.07) is 25.0. The predicted molar refractivity (Wildman–Crippen MR) is 154 cm³/mol. The number of carbonyl (C=O) groups excluding carboxylic acids is 1. The Balaban J connectivity index is 1.99. The molecule has 0 atom stereocenters. The molecule has 0 unspecified atom stereocenters. The van der Waals surface area contributed by atoms with Gasteiger partial charge in [-0.15, -0.1) is 0 Å². The van der Waals surface area contributed by atoms with Crippen LogP contribution < -0.4 is 9.47 Å². The minimum Gasteiger partial charge on any atom is -0.488 e. The van der Waals surface area contributed by atoms with Gasteiger partial charge in [0.1, 0.15) is 30.3 Å². The summed E-state index contributed by atoms with van der Waals surface area (Å²) < 4.78 is 12.5. The maximum Gasteiger partial charge on any atom is 0.336 e. The summed E-state index contributed by atoms with van der Waals surface area (Å²) >= 11 is 12.9. The Labute approximate surface area is 237 Å². The average molecular weight is 563 g/mol. The number of ketones is 1. The number of benzene rings is 4. The van der Waals surface area contributed by atoms with Crippen LogP contribution in [0.25, 0.3) is 0 Å². The number of hydrogen-bond donors (Lipinski definition) is 1. The molecule has 7 heteroatoms. The maximum absolute atomic E-state index is 14.2. The predicted octanol–water partition coefficient (Wildman–Crippen LogP) is 8.38. The first-order valence-corrected chi connectivity index (χ1v) is 13.1. The summed E-state index contributed by atoms with van der Waals surface area (Å²) in [5, 5.41) is 10.6. The normalized spacial score (nSPS) is 11.2. The fraction of sp³-hybridized carbons (Fsp3) is 0.188. The van der Waals surface area contributed by atoms with E-state index in [1.165, 1.54) is 6.07 Å². The molecule has 1 N–H and O–H groups in total. The zero-order chi connectivity index (χ0) is 28.2. The molecule has 0 heterocycles. The Kier molecular flexibility index (Phi) is 8.63. The molecule has 0 aromatic heterocycles. The monoisotopic (exact) mass is 562 g/mol. The highest BCUT2D eigenvalue weighted by molar-refractivity contribution is 6.41. The van der Waals surface area contributed by atoms with Crippen LogP contribution in [0.4, 0.5) is 0 Å². The fourth-order valence-electron chi connectivity index (χ4n) is 4.33. The van der Waals surface area contributed by atoms with E-state index in [2.05, 4.69) is 0 Å². The molecule has 0 aliphatic heterocycles. The van der Waals surface area contributed by atoms with Crippen LogP contribution in [0.1, 0.15) is 63.7 Å². The third kappa shape index (κ3) is 6.44. The van der Waals surface area contributed by atoms with Gasteiger partial charge in [-0.2, -0.15) is 0 Å². The summed E-state index contributed by atoms with van der Waals surface area (Å²) in [6.07, 6.45) is 0. The third-order valence-corrected chi connectivity index (χ3v) is 6.74. The molecule has 4 aromatic rings. The minimum atomic E-state index is -1.16. The van der Waals surface area contributed by atoms with Gasteiger partial charge in [0, 0.05) is 5.56 Å². The van der Waals surface area contributed by atoms with Gasteiger partial charge < -0.3 is 14.6 Å². The number of rotatable bonds is 9. The Morgan fingerprint density at radius 3 is 1.74 bits per heavy atom. The molecule has 4 rings (SSSR count). The largest absolute Gasteiger partial charge is 0.488 e. The smallest absolute Gasteiger partial charge is 0.336 e. The summed E-state index contributed by atoms with van der Waals surface area (Å²) in [6.45, 7) is 5.80. The van der Waals surface area contributed by atoms with Gasteiger partial charge in [-0.3, -0.25) is 4.79 Å². The van der Waals surface area contributed by atoms with E-state index in [1.807, 2.05) is 81.4 Å². The van der Waals surface area contributed by atoms with E-state index in [1.54, 1.807) is 18.2 Å². The van der Waals surface area contributed by atoms with Crippen LogP contribution in [0.15, 0.2) is 84.9 Å². The summed E-state index contributed by atoms with van der Waals surface area (Å²) in [4.78, 5) is 26.8. The topological polar surface area (TPSA) is 72.8 Å². The molecule has 0 spiro atoms. The second-order valence-corrected chi connectivity index (χ2v) is 10.8. The van der Waals surface area contributed by atoms with Crippen molar-refractivity contribution in [2.24, 2.45) is 0 Å². The van der Waals surface area contributed by atoms with Crippen LogP contribution in [0.5, 0.6) is 11.5 Å². The van der Waals surface area contributed by atoms with Gasteiger partial charge >= 0.3 is 5.97 Å². The quantitative estimate of drug-likeness (QED) is 0.207. The second-order valence-electron chi connectivity index (χ2n) is 10.0. The molecule has 39 heavy (non-hydrogen) atoms. The van der Waals surface area contributed by atoms with Crippen molar-refractivity contribution in [3.05, 3.63) is 128 Å². The van der Waals surface area contributed by atoms with E-state index in [4.69, 9.17) is 32.7 Å². The number of halogens is 2. The molecule has 200 valence electrons. The van der Waals surface area contributed by atoms with E-state index < -0.39 is 17.2 Å². The lowest BCUT2D eigenvalue weighted by molar-refractivity contribution is 0.0691. The number of carbonyl (C=O) groups is 2. The Hall–Kier alpha value is -3.80. The first-order chi connectivity index (χ1) is 18.6. The summed E-state index contributed by atoms with van der Waals surface area (Å²) in [7, 11) is 0. The van der Waals surface area contributed by atoms with Crippen molar-refractivity contribution in [3.63, 3.8) is 0 Å². The molecule has 0 saturated heterocycles. The maximum atomic E-state index is 14.2. The van der Waals surface area contributed by atoms with Crippen LogP contribution in [0.3, 0.4) is 0 Å². The number of aromatic carboxylic acids is 1. The highest BCUT2D eigenvalue weighted by Gasteiger charge is 2.35. The Bertz CT molecular complexity index is 1470. The van der Waals surface area contributed by atoms with E-state index in [0.29, 0.717) is 5.56 Å². The molecular weight excluding hydrogens is 535 g/mol. The average Bonchev–Trinajstić information content (AvgIpc) is 2.90. The van der Waals surface area contributed by atoms with Crippen LogP contribution in [-0.4, -0.2) is 16.9 Å².